The van der Waals surface area contributed by atoms with E-state index in [9.17, 15) is 9.90 Å². The molecule has 1 aromatic heterocycles. The third kappa shape index (κ3) is 1.61. The van der Waals surface area contributed by atoms with Gasteiger partial charge >= 0.3 is 0 Å². The SMILES string of the molecule is CCCC(=O)c1oc2ccccc2c1O. The maximum absolute atomic E-state index is 11.6. The number of carbonyl (C=O) groups is 1. The second kappa shape index (κ2) is 3.77. The Bertz CT molecular complexity index is 497. The van der Waals surface area contributed by atoms with Crippen LogP contribution in [0.1, 0.15) is 30.3 Å². The second-order valence-electron chi connectivity index (χ2n) is 3.45. The maximum Gasteiger partial charge on any atom is 0.212 e. The molecule has 0 spiro atoms. The van der Waals surface area contributed by atoms with Gasteiger partial charge in [0.15, 0.2) is 5.75 Å². The van der Waals surface area contributed by atoms with Crippen molar-refractivity contribution in [2.24, 2.45) is 0 Å². The standard InChI is InChI=1S/C12H12O3/c1-2-5-9(13)12-11(14)8-6-3-4-7-10(8)15-12/h3-4,6-7,14H,2,5H2,1H3. The Morgan fingerprint density at radius 1 is 1.40 bits per heavy atom. The van der Waals surface area contributed by atoms with Crippen LogP contribution in [0.3, 0.4) is 0 Å². The summed E-state index contributed by atoms with van der Waals surface area (Å²) in [6.07, 6.45) is 1.14. The van der Waals surface area contributed by atoms with Crippen molar-refractivity contribution in [3.8, 4) is 5.75 Å². The number of furan rings is 1. The van der Waals surface area contributed by atoms with Crippen molar-refractivity contribution < 1.29 is 14.3 Å². The van der Waals surface area contributed by atoms with Gasteiger partial charge in [-0.15, -0.1) is 0 Å². The Morgan fingerprint density at radius 2 is 2.13 bits per heavy atom. The molecule has 0 amide bonds. The van der Waals surface area contributed by atoms with Gasteiger partial charge in [0, 0.05) is 6.42 Å². The molecule has 0 radical (unpaired) electrons. The van der Waals surface area contributed by atoms with Crippen molar-refractivity contribution in [2.75, 3.05) is 0 Å². The van der Waals surface area contributed by atoms with Crippen molar-refractivity contribution in [1.29, 1.82) is 0 Å². The highest BCUT2D eigenvalue weighted by molar-refractivity contribution is 6.02. The molecule has 1 N–H and O–H groups in total. The van der Waals surface area contributed by atoms with Gasteiger partial charge in [-0.3, -0.25) is 4.79 Å². The fraction of sp³-hybridized carbons (Fsp3) is 0.250. The molecule has 0 saturated carbocycles. The van der Waals surface area contributed by atoms with Gasteiger partial charge in [0.05, 0.1) is 5.39 Å². The maximum atomic E-state index is 11.6. The smallest absolute Gasteiger partial charge is 0.212 e. The monoisotopic (exact) mass is 204 g/mol. The van der Waals surface area contributed by atoms with Crippen LogP contribution in [0.25, 0.3) is 11.0 Å². The number of carbonyl (C=O) groups excluding carboxylic acids is 1. The summed E-state index contributed by atoms with van der Waals surface area (Å²) in [4.78, 5) is 11.6. The normalized spacial score (nSPS) is 10.7. The van der Waals surface area contributed by atoms with E-state index in [1.54, 1.807) is 24.3 Å². The number of para-hydroxylation sites is 1. The summed E-state index contributed by atoms with van der Waals surface area (Å²) in [5.41, 5.74) is 0.550. The summed E-state index contributed by atoms with van der Waals surface area (Å²) < 4.78 is 5.31. The number of ketones is 1. The largest absolute Gasteiger partial charge is 0.504 e. The van der Waals surface area contributed by atoms with E-state index in [2.05, 4.69) is 0 Å². The third-order valence-corrected chi connectivity index (χ3v) is 2.30. The van der Waals surface area contributed by atoms with Crippen molar-refractivity contribution in [1.82, 2.24) is 0 Å². The van der Waals surface area contributed by atoms with E-state index in [0.29, 0.717) is 17.4 Å². The van der Waals surface area contributed by atoms with Crippen LogP contribution in [0.2, 0.25) is 0 Å². The van der Waals surface area contributed by atoms with E-state index >= 15 is 0 Å². The van der Waals surface area contributed by atoms with Crippen molar-refractivity contribution in [3.63, 3.8) is 0 Å². The molecule has 1 heterocycles. The minimum atomic E-state index is -0.147. The second-order valence-corrected chi connectivity index (χ2v) is 3.45. The van der Waals surface area contributed by atoms with Gasteiger partial charge in [-0.1, -0.05) is 19.1 Å². The van der Waals surface area contributed by atoms with Gasteiger partial charge in [0.25, 0.3) is 0 Å². The quantitative estimate of drug-likeness (QED) is 0.781. The molecule has 15 heavy (non-hydrogen) atoms. The lowest BCUT2D eigenvalue weighted by Gasteiger charge is -1.93. The van der Waals surface area contributed by atoms with Gasteiger partial charge in [-0.05, 0) is 18.6 Å². The summed E-state index contributed by atoms with van der Waals surface area (Å²) >= 11 is 0. The van der Waals surface area contributed by atoms with Crippen LogP contribution in [-0.4, -0.2) is 10.9 Å². The number of hydrogen-bond donors (Lipinski definition) is 1. The average molecular weight is 204 g/mol. The molecule has 0 unspecified atom stereocenters. The minimum Gasteiger partial charge on any atom is -0.504 e. The lowest BCUT2D eigenvalue weighted by Crippen LogP contribution is -1.95. The fourth-order valence-electron chi connectivity index (χ4n) is 1.56. The highest BCUT2D eigenvalue weighted by Gasteiger charge is 2.18. The zero-order valence-corrected chi connectivity index (χ0v) is 8.49. The number of hydrogen-bond acceptors (Lipinski definition) is 3. The predicted octanol–water partition coefficient (Wildman–Crippen LogP) is 3.12. The van der Waals surface area contributed by atoms with E-state index in [1.165, 1.54) is 0 Å². The molecule has 0 atom stereocenters. The number of benzene rings is 1. The summed E-state index contributed by atoms with van der Waals surface area (Å²) in [5, 5.41) is 10.4. The average Bonchev–Trinajstić information content (AvgIpc) is 2.57. The topological polar surface area (TPSA) is 50.4 Å². The van der Waals surface area contributed by atoms with E-state index in [-0.39, 0.29) is 17.3 Å². The van der Waals surface area contributed by atoms with Gasteiger partial charge in [-0.2, -0.15) is 0 Å². The molecule has 0 fully saturated rings. The summed E-state index contributed by atoms with van der Waals surface area (Å²) in [7, 11) is 0. The molecule has 2 aromatic rings. The summed E-state index contributed by atoms with van der Waals surface area (Å²) in [6, 6.07) is 7.07. The molecule has 0 saturated heterocycles. The van der Waals surface area contributed by atoms with E-state index in [4.69, 9.17) is 4.42 Å². The van der Waals surface area contributed by atoms with Crippen LogP contribution in [0.4, 0.5) is 0 Å². The van der Waals surface area contributed by atoms with Gasteiger partial charge < -0.3 is 9.52 Å². The van der Waals surface area contributed by atoms with Crippen molar-refractivity contribution in [2.45, 2.75) is 19.8 Å². The molecular formula is C12H12O3. The molecule has 0 aliphatic rings. The molecule has 0 aliphatic heterocycles. The highest BCUT2D eigenvalue weighted by Crippen LogP contribution is 2.32. The zero-order valence-electron chi connectivity index (χ0n) is 8.49. The summed E-state index contributed by atoms with van der Waals surface area (Å²) in [6.45, 7) is 1.91. The van der Waals surface area contributed by atoms with Crippen LogP contribution in [-0.2, 0) is 0 Å². The Labute approximate surface area is 87.3 Å². The first kappa shape index (κ1) is 9.77. The van der Waals surface area contributed by atoms with E-state index < -0.39 is 0 Å². The van der Waals surface area contributed by atoms with E-state index in [0.717, 1.165) is 6.42 Å². The van der Waals surface area contributed by atoms with Gasteiger partial charge in [-0.25, -0.2) is 0 Å². The Balaban J connectivity index is 2.53. The molecule has 3 nitrogen and oxygen atoms in total. The van der Waals surface area contributed by atoms with Crippen LogP contribution in [0.15, 0.2) is 28.7 Å². The Morgan fingerprint density at radius 3 is 2.80 bits per heavy atom. The number of rotatable bonds is 3. The van der Waals surface area contributed by atoms with Crippen molar-refractivity contribution >= 4 is 16.8 Å². The van der Waals surface area contributed by atoms with Crippen LogP contribution in [0.5, 0.6) is 5.75 Å². The van der Waals surface area contributed by atoms with Crippen LogP contribution in [0, 0.1) is 0 Å². The first-order valence-corrected chi connectivity index (χ1v) is 4.97. The molecule has 2 rings (SSSR count). The summed E-state index contributed by atoms with van der Waals surface area (Å²) in [5.74, 6) is -0.103. The molecule has 0 bridgehead atoms. The number of aromatic hydroxyl groups is 1. The molecule has 1 aromatic carbocycles. The highest BCUT2D eigenvalue weighted by atomic mass is 16.4. The lowest BCUT2D eigenvalue weighted by atomic mass is 10.1. The first-order valence-electron chi connectivity index (χ1n) is 4.97. The molecular weight excluding hydrogens is 192 g/mol. The number of fused-ring (bicyclic) bond motifs is 1. The number of Topliss-reactive ketones (excluding diaryl/α,β-unsaturated/α-hetero) is 1. The Hall–Kier alpha value is -1.77. The predicted molar refractivity (Wildman–Crippen MR) is 57.1 cm³/mol. The van der Waals surface area contributed by atoms with Crippen LogP contribution >= 0.6 is 0 Å². The van der Waals surface area contributed by atoms with E-state index in [1.807, 2.05) is 6.92 Å². The van der Waals surface area contributed by atoms with Gasteiger partial charge in [0.2, 0.25) is 11.5 Å². The zero-order chi connectivity index (χ0) is 10.8. The van der Waals surface area contributed by atoms with Crippen LogP contribution < -0.4 is 0 Å². The molecule has 0 aliphatic carbocycles. The third-order valence-electron chi connectivity index (χ3n) is 2.30. The fourth-order valence-corrected chi connectivity index (χ4v) is 1.56. The Kier molecular flexibility index (Phi) is 2.46. The first-order chi connectivity index (χ1) is 7.24. The minimum absolute atomic E-state index is 0.0379. The molecule has 78 valence electrons. The lowest BCUT2D eigenvalue weighted by molar-refractivity contribution is 0.0953. The van der Waals surface area contributed by atoms with Crippen molar-refractivity contribution in [3.05, 3.63) is 30.0 Å². The molecule has 3 heteroatoms. The van der Waals surface area contributed by atoms with Gasteiger partial charge in [0.1, 0.15) is 5.58 Å².